The number of methoxy groups -OCH3 is 1. The maximum atomic E-state index is 8.88. The minimum atomic E-state index is 0.499. The Bertz CT molecular complexity index is 1160. The Labute approximate surface area is 184 Å². The smallest absolute Gasteiger partial charge is 0.192 e. The highest BCUT2D eigenvalue weighted by Crippen LogP contribution is 2.27. The second kappa shape index (κ2) is 9.87. The molecule has 0 unspecified atom stereocenters. The molecule has 4 rings (SSSR count). The van der Waals surface area contributed by atoms with E-state index in [-0.39, 0.29) is 0 Å². The van der Waals surface area contributed by atoms with Crippen molar-refractivity contribution in [3.8, 4) is 29.0 Å². The van der Waals surface area contributed by atoms with Gasteiger partial charge in [-0.3, -0.25) is 4.57 Å². The van der Waals surface area contributed by atoms with Gasteiger partial charge in [-0.2, -0.15) is 5.26 Å². The summed E-state index contributed by atoms with van der Waals surface area (Å²) in [6.07, 6.45) is 1.66. The number of ether oxygens (including phenoxy) is 2. The lowest BCUT2D eigenvalue weighted by atomic mass is 10.2. The van der Waals surface area contributed by atoms with Gasteiger partial charge in [0.05, 0.1) is 38.2 Å². The van der Waals surface area contributed by atoms with Gasteiger partial charge < -0.3 is 13.9 Å². The fourth-order valence-corrected chi connectivity index (χ4v) is 3.74. The van der Waals surface area contributed by atoms with E-state index in [1.54, 1.807) is 49.4 Å². The van der Waals surface area contributed by atoms with Crippen molar-refractivity contribution in [1.82, 2.24) is 14.8 Å². The molecule has 0 radical (unpaired) electrons. The van der Waals surface area contributed by atoms with Crippen molar-refractivity contribution in [1.29, 1.82) is 5.26 Å². The van der Waals surface area contributed by atoms with E-state index in [0.29, 0.717) is 24.5 Å². The molecule has 0 aliphatic heterocycles. The zero-order chi connectivity index (χ0) is 21.5. The molecule has 0 bridgehead atoms. The number of nitrogens with zero attached hydrogens (tertiary/aromatic N) is 4. The molecule has 0 atom stereocenters. The molecule has 0 amide bonds. The molecule has 4 aromatic rings. The topological polar surface area (TPSA) is 86.1 Å². The molecule has 2 aromatic carbocycles. The molecular formula is C23H20N4O3S. The Morgan fingerprint density at radius 1 is 1.06 bits per heavy atom. The van der Waals surface area contributed by atoms with Crippen LogP contribution in [0.3, 0.4) is 0 Å². The van der Waals surface area contributed by atoms with Crippen LogP contribution in [0.25, 0.3) is 11.4 Å². The predicted octanol–water partition coefficient (Wildman–Crippen LogP) is 4.64. The molecule has 0 fully saturated rings. The Balaban J connectivity index is 1.48. The first-order chi connectivity index (χ1) is 15.3. The third-order valence-electron chi connectivity index (χ3n) is 4.51. The van der Waals surface area contributed by atoms with Gasteiger partial charge in [0, 0.05) is 11.3 Å². The van der Waals surface area contributed by atoms with Gasteiger partial charge in [0.2, 0.25) is 0 Å². The molecule has 0 aliphatic carbocycles. The third-order valence-corrected chi connectivity index (χ3v) is 5.44. The number of rotatable bonds is 9. The minimum absolute atomic E-state index is 0.499. The average Bonchev–Trinajstić information content (AvgIpc) is 3.48. The lowest BCUT2D eigenvalue weighted by Crippen LogP contribution is -2.05. The van der Waals surface area contributed by atoms with Crippen LogP contribution < -0.4 is 9.47 Å². The number of hydrogen-bond acceptors (Lipinski definition) is 7. The van der Waals surface area contributed by atoms with Crippen LogP contribution in [0.4, 0.5) is 0 Å². The largest absolute Gasteiger partial charge is 0.497 e. The van der Waals surface area contributed by atoms with Crippen molar-refractivity contribution in [3.05, 3.63) is 78.3 Å². The molecule has 2 aromatic heterocycles. The van der Waals surface area contributed by atoms with Crippen molar-refractivity contribution in [2.75, 3.05) is 19.5 Å². The summed E-state index contributed by atoms with van der Waals surface area (Å²) in [5.74, 6) is 3.74. The quantitative estimate of drug-likeness (QED) is 0.281. The molecular weight excluding hydrogens is 412 g/mol. The summed E-state index contributed by atoms with van der Waals surface area (Å²) in [5.41, 5.74) is 1.52. The van der Waals surface area contributed by atoms with Gasteiger partial charge in [-0.1, -0.05) is 23.9 Å². The van der Waals surface area contributed by atoms with E-state index < -0.39 is 0 Å². The van der Waals surface area contributed by atoms with Crippen molar-refractivity contribution >= 4 is 11.8 Å². The number of nitriles is 1. The van der Waals surface area contributed by atoms with E-state index in [1.165, 1.54) is 0 Å². The normalized spacial score (nSPS) is 10.6. The highest BCUT2D eigenvalue weighted by atomic mass is 32.2. The van der Waals surface area contributed by atoms with E-state index >= 15 is 0 Å². The van der Waals surface area contributed by atoms with E-state index in [0.717, 1.165) is 33.8 Å². The van der Waals surface area contributed by atoms with Crippen LogP contribution in [0.2, 0.25) is 0 Å². The van der Waals surface area contributed by atoms with E-state index in [1.807, 2.05) is 41.0 Å². The van der Waals surface area contributed by atoms with Crippen LogP contribution in [0, 0.1) is 11.3 Å². The van der Waals surface area contributed by atoms with Crippen molar-refractivity contribution in [2.45, 2.75) is 11.7 Å². The standard InChI is InChI=1S/C23H20N4O3S/c1-28-20-5-2-4-18(14-20)22-25-26-23(27(22)16-21-6-3-11-29-21)31-13-12-30-19-9-7-17(15-24)8-10-19/h2-11,14H,12-13,16H2,1H3. The fraction of sp³-hybridized carbons (Fsp3) is 0.174. The lowest BCUT2D eigenvalue weighted by molar-refractivity contribution is 0.344. The summed E-state index contributed by atoms with van der Waals surface area (Å²) in [6, 6.07) is 20.7. The molecule has 156 valence electrons. The fourth-order valence-electron chi connectivity index (χ4n) is 2.99. The highest BCUT2D eigenvalue weighted by Gasteiger charge is 2.16. The maximum absolute atomic E-state index is 8.88. The molecule has 0 N–H and O–H groups in total. The summed E-state index contributed by atoms with van der Waals surface area (Å²) in [5, 5.41) is 18.5. The van der Waals surface area contributed by atoms with Gasteiger partial charge in [-0.05, 0) is 48.5 Å². The summed E-state index contributed by atoms with van der Waals surface area (Å²) in [7, 11) is 1.64. The highest BCUT2D eigenvalue weighted by molar-refractivity contribution is 7.99. The van der Waals surface area contributed by atoms with Crippen LogP contribution in [-0.2, 0) is 6.54 Å². The first-order valence-corrected chi connectivity index (χ1v) is 10.6. The van der Waals surface area contributed by atoms with E-state index in [4.69, 9.17) is 19.2 Å². The van der Waals surface area contributed by atoms with E-state index in [9.17, 15) is 0 Å². The predicted molar refractivity (Wildman–Crippen MR) is 117 cm³/mol. The molecule has 0 saturated carbocycles. The van der Waals surface area contributed by atoms with Crippen LogP contribution >= 0.6 is 11.8 Å². The Morgan fingerprint density at radius 2 is 1.94 bits per heavy atom. The van der Waals surface area contributed by atoms with Crippen molar-refractivity contribution < 1.29 is 13.9 Å². The Hall–Kier alpha value is -3.70. The molecule has 31 heavy (non-hydrogen) atoms. The second-order valence-electron chi connectivity index (χ2n) is 6.54. The van der Waals surface area contributed by atoms with Gasteiger partial charge in [0.1, 0.15) is 17.3 Å². The summed E-state index contributed by atoms with van der Waals surface area (Å²) in [6.45, 7) is 1.02. The maximum Gasteiger partial charge on any atom is 0.192 e. The molecule has 0 spiro atoms. The number of aromatic nitrogens is 3. The molecule has 0 saturated heterocycles. The average molecular weight is 433 g/mol. The van der Waals surface area contributed by atoms with Crippen LogP contribution in [0.1, 0.15) is 11.3 Å². The summed E-state index contributed by atoms with van der Waals surface area (Å²) < 4.78 is 18.7. The van der Waals surface area contributed by atoms with Gasteiger partial charge in [0.25, 0.3) is 0 Å². The van der Waals surface area contributed by atoms with Gasteiger partial charge >= 0.3 is 0 Å². The number of furan rings is 1. The van der Waals surface area contributed by atoms with Gasteiger partial charge in [-0.25, -0.2) is 0 Å². The number of thioether (sulfide) groups is 1. The SMILES string of the molecule is COc1cccc(-c2nnc(SCCOc3ccc(C#N)cc3)n2Cc2ccco2)c1. The third kappa shape index (κ3) is 5.08. The molecule has 0 aliphatic rings. The van der Waals surface area contributed by atoms with Crippen molar-refractivity contribution in [3.63, 3.8) is 0 Å². The molecule has 8 heteroatoms. The number of benzene rings is 2. The Kier molecular flexibility index (Phi) is 6.55. The van der Waals surface area contributed by atoms with Gasteiger partial charge in [-0.15, -0.1) is 10.2 Å². The first kappa shape index (κ1) is 20.6. The minimum Gasteiger partial charge on any atom is -0.497 e. The number of hydrogen-bond donors (Lipinski definition) is 0. The van der Waals surface area contributed by atoms with E-state index in [2.05, 4.69) is 16.3 Å². The zero-order valence-electron chi connectivity index (χ0n) is 16.9. The Morgan fingerprint density at radius 3 is 2.68 bits per heavy atom. The zero-order valence-corrected chi connectivity index (χ0v) is 17.7. The van der Waals surface area contributed by atoms with Crippen LogP contribution in [-0.4, -0.2) is 34.2 Å². The first-order valence-electron chi connectivity index (χ1n) is 9.62. The molecule has 2 heterocycles. The van der Waals surface area contributed by atoms with Crippen LogP contribution in [0.15, 0.2) is 76.5 Å². The second-order valence-corrected chi connectivity index (χ2v) is 7.60. The van der Waals surface area contributed by atoms with Gasteiger partial charge in [0.15, 0.2) is 11.0 Å². The van der Waals surface area contributed by atoms with Crippen molar-refractivity contribution in [2.24, 2.45) is 0 Å². The summed E-state index contributed by atoms with van der Waals surface area (Å²) in [4.78, 5) is 0. The monoisotopic (exact) mass is 432 g/mol. The lowest BCUT2D eigenvalue weighted by Gasteiger charge is -2.10. The summed E-state index contributed by atoms with van der Waals surface area (Å²) >= 11 is 1.56. The molecule has 7 nitrogen and oxygen atoms in total. The van der Waals surface area contributed by atoms with Crippen LogP contribution in [0.5, 0.6) is 11.5 Å².